The number of hydrogen-bond acceptors (Lipinski definition) is 3. The van der Waals surface area contributed by atoms with Gasteiger partial charge >= 0.3 is 11.8 Å². The maximum atomic E-state index is 11.7. The highest BCUT2D eigenvalue weighted by atomic mass is 127. The summed E-state index contributed by atoms with van der Waals surface area (Å²) in [6, 6.07) is 13.9. The van der Waals surface area contributed by atoms with Crippen LogP contribution in [0.2, 0.25) is 0 Å². The molecule has 2 rings (SSSR count). The molecule has 0 saturated heterocycles. The fourth-order valence-electron chi connectivity index (χ4n) is 1.78. The number of anilines is 1. The van der Waals surface area contributed by atoms with Crippen LogP contribution < -0.4 is 10.6 Å². The molecule has 2 aromatic carbocycles. The largest absolute Gasteiger partial charge is 0.508 e. The van der Waals surface area contributed by atoms with E-state index >= 15 is 0 Å². The van der Waals surface area contributed by atoms with Crippen LogP contribution in [0.4, 0.5) is 5.69 Å². The number of benzene rings is 2. The zero-order valence-electron chi connectivity index (χ0n) is 11.7. The second kappa shape index (κ2) is 7.79. The average Bonchev–Trinajstić information content (AvgIpc) is 2.51. The van der Waals surface area contributed by atoms with Crippen molar-refractivity contribution in [2.24, 2.45) is 0 Å². The molecule has 0 atom stereocenters. The van der Waals surface area contributed by atoms with Crippen molar-refractivity contribution >= 4 is 40.1 Å². The maximum absolute atomic E-state index is 11.7. The molecule has 6 heteroatoms. The second-order valence-corrected chi connectivity index (χ2v) is 5.88. The first kappa shape index (κ1) is 16.3. The van der Waals surface area contributed by atoms with Gasteiger partial charge in [-0.05, 0) is 71.0 Å². The maximum Gasteiger partial charge on any atom is 0.313 e. The number of rotatable bonds is 4. The number of nitrogens with one attached hydrogen (secondary N) is 2. The van der Waals surface area contributed by atoms with Crippen molar-refractivity contribution in [1.29, 1.82) is 0 Å². The summed E-state index contributed by atoms with van der Waals surface area (Å²) in [7, 11) is 0. The van der Waals surface area contributed by atoms with Crippen LogP contribution >= 0.6 is 22.6 Å². The lowest BCUT2D eigenvalue weighted by molar-refractivity contribution is -0.136. The van der Waals surface area contributed by atoms with E-state index in [1.54, 1.807) is 36.4 Å². The van der Waals surface area contributed by atoms with Crippen LogP contribution in [-0.4, -0.2) is 23.5 Å². The fourth-order valence-corrected chi connectivity index (χ4v) is 2.14. The zero-order chi connectivity index (χ0) is 15.9. The molecule has 22 heavy (non-hydrogen) atoms. The van der Waals surface area contributed by atoms with Crippen LogP contribution in [-0.2, 0) is 16.0 Å². The van der Waals surface area contributed by atoms with E-state index in [1.165, 1.54) is 0 Å². The van der Waals surface area contributed by atoms with Gasteiger partial charge in [0.1, 0.15) is 5.75 Å². The highest BCUT2D eigenvalue weighted by Crippen LogP contribution is 2.11. The highest BCUT2D eigenvalue weighted by molar-refractivity contribution is 14.1. The fraction of sp³-hybridized carbons (Fsp3) is 0.125. The van der Waals surface area contributed by atoms with Crippen molar-refractivity contribution in [2.45, 2.75) is 6.42 Å². The van der Waals surface area contributed by atoms with Crippen LogP contribution in [0.3, 0.4) is 0 Å². The van der Waals surface area contributed by atoms with Gasteiger partial charge in [-0.15, -0.1) is 0 Å². The average molecular weight is 410 g/mol. The molecule has 0 unspecified atom stereocenters. The quantitative estimate of drug-likeness (QED) is 0.535. The Morgan fingerprint density at radius 3 is 2.23 bits per heavy atom. The number of aromatic hydroxyl groups is 1. The third-order valence-electron chi connectivity index (χ3n) is 2.94. The van der Waals surface area contributed by atoms with Gasteiger partial charge in [0.2, 0.25) is 0 Å². The van der Waals surface area contributed by atoms with Gasteiger partial charge in [-0.25, -0.2) is 0 Å². The first-order chi connectivity index (χ1) is 10.5. The Bertz CT molecular complexity index is 654. The summed E-state index contributed by atoms with van der Waals surface area (Å²) in [5.74, 6) is -1.16. The Hall–Kier alpha value is -2.09. The van der Waals surface area contributed by atoms with E-state index in [-0.39, 0.29) is 5.75 Å². The third-order valence-corrected chi connectivity index (χ3v) is 3.66. The van der Waals surface area contributed by atoms with Crippen LogP contribution in [0.25, 0.3) is 0 Å². The molecule has 2 amide bonds. The Labute approximate surface area is 141 Å². The van der Waals surface area contributed by atoms with E-state index in [4.69, 9.17) is 0 Å². The number of halogens is 1. The standard InChI is InChI=1S/C16H15IN2O3/c17-12-3-5-13(6-4-12)19-16(22)15(21)18-10-9-11-1-7-14(20)8-2-11/h1-8,20H,9-10H2,(H,18,21)(H,19,22). The van der Waals surface area contributed by atoms with Gasteiger partial charge < -0.3 is 15.7 Å². The number of amides is 2. The van der Waals surface area contributed by atoms with Crippen molar-refractivity contribution < 1.29 is 14.7 Å². The minimum Gasteiger partial charge on any atom is -0.508 e. The van der Waals surface area contributed by atoms with Gasteiger partial charge in [-0.1, -0.05) is 12.1 Å². The van der Waals surface area contributed by atoms with Crippen molar-refractivity contribution in [1.82, 2.24) is 5.32 Å². The van der Waals surface area contributed by atoms with Crippen molar-refractivity contribution in [3.63, 3.8) is 0 Å². The normalized spacial score (nSPS) is 10.0. The van der Waals surface area contributed by atoms with E-state index in [1.807, 2.05) is 12.1 Å². The SMILES string of the molecule is O=C(NCCc1ccc(O)cc1)C(=O)Nc1ccc(I)cc1. The Morgan fingerprint density at radius 1 is 0.955 bits per heavy atom. The predicted octanol–water partition coefficient (Wildman–Crippen LogP) is 2.29. The molecular formula is C16H15IN2O3. The predicted molar refractivity (Wildman–Crippen MR) is 92.6 cm³/mol. The number of carbonyl (C=O) groups is 2. The molecule has 0 aromatic heterocycles. The lowest BCUT2D eigenvalue weighted by Crippen LogP contribution is -2.36. The summed E-state index contributed by atoms with van der Waals surface area (Å²) in [5.41, 5.74) is 1.55. The zero-order valence-corrected chi connectivity index (χ0v) is 13.8. The van der Waals surface area contributed by atoms with E-state index < -0.39 is 11.8 Å². The molecule has 0 radical (unpaired) electrons. The molecule has 114 valence electrons. The Kier molecular flexibility index (Phi) is 5.76. The molecule has 0 aliphatic rings. The van der Waals surface area contributed by atoms with Crippen LogP contribution in [0.15, 0.2) is 48.5 Å². The Balaban J connectivity index is 1.77. The molecule has 0 spiro atoms. The van der Waals surface area contributed by atoms with Gasteiger partial charge in [-0.3, -0.25) is 9.59 Å². The summed E-state index contributed by atoms with van der Waals surface area (Å²) in [4.78, 5) is 23.4. The molecule has 0 bridgehead atoms. The number of hydrogen-bond donors (Lipinski definition) is 3. The topological polar surface area (TPSA) is 78.4 Å². The third kappa shape index (κ3) is 5.03. The molecule has 3 N–H and O–H groups in total. The lowest BCUT2D eigenvalue weighted by Gasteiger charge is -2.07. The summed E-state index contributed by atoms with van der Waals surface area (Å²) in [6.07, 6.45) is 0.586. The van der Waals surface area contributed by atoms with Gasteiger partial charge in [0.05, 0.1) is 0 Å². The smallest absolute Gasteiger partial charge is 0.313 e. The monoisotopic (exact) mass is 410 g/mol. The Morgan fingerprint density at radius 2 is 1.59 bits per heavy atom. The van der Waals surface area contributed by atoms with Crippen molar-refractivity contribution in [2.75, 3.05) is 11.9 Å². The first-order valence-corrected chi connectivity index (χ1v) is 7.75. The molecular weight excluding hydrogens is 395 g/mol. The molecule has 0 saturated carbocycles. The minimum atomic E-state index is -0.688. The second-order valence-electron chi connectivity index (χ2n) is 4.63. The molecule has 0 aliphatic heterocycles. The van der Waals surface area contributed by atoms with E-state index in [9.17, 15) is 14.7 Å². The summed E-state index contributed by atoms with van der Waals surface area (Å²) in [5, 5.41) is 14.3. The first-order valence-electron chi connectivity index (χ1n) is 6.67. The molecule has 0 aliphatic carbocycles. The van der Waals surface area contributed by atoms with Crippen LogP contribution in [0.1, 0.15) is 5.56 Å². The number of phenols is 1. The molecule has 5 nitrogen and oxygen atoms in total. The summed E-state index contributed by atoms with van der Waals surface area (Å²) >= 11 is 2.16. The van der Waals surface area contributed by atoms with Crippen LogP contribution in [0.5, 0.6) is 5.75 Å². The van der Waals surface area contributed by atoms with Crippen molar-refractivity contribution in [3.8, 4) is 5.75 Å². The van der Waals surface area contributed by atoms with Gasteiger partial charge in [-0.2, -0.15) is 0 Å². The molecule has 0 heterocycles. The van der Waals surface area contributed by atoms with Gasteiger partial charge in [0.25, 0.3) is 0 Å². The van der Waals surface area contributed by atoms with Crippen LogP contribution in [0, 0.1) is 3.57 Å². The highest BCUT2D eigenvalue weighted by Gasteiger charge is 2.12. The van der Waals surface area contributed by atoms with Gasteiger partial charge in [0, 0.05) is 15.8 Å². The molecule has 0 fully saturated rings. The summed E-state index contributed by atoms with van der Waals surface area (Å²) in [6.45, 7) is 0.351. The van der Waals surface area contributed by atoms with E-state index in [2.05, 4.69) is 33.2 Å². The number of phenolic OH excluding ortho intramolecular Hbond substituents is 1. The van der Waals surface area contributed by atoms with E-state index in [0.29, 0.717) is 18.7 Å². The molecule has 2 aromatic rings. The number of carbonyl (C=O) groups excluding carboxylic acids is 2. The lowest BCUT2D eigenvalue weighted by atomic mass is 10.1. The summed E-state index contributed by atoms with van der Waals surface area (Å²) < 4.78 is 1.05. The van der Waals surface area contributed by atoms with E-state index in [0.717, 1.165) is 9.13 Å². The van der Waals surface area contributed by atoms with Crippen molar-refractivity contribution in [3.05, 3.63) is 57.7 Å². The van der Waals surface area contributed by atoms with Gasteiger partial charge in [0.15, 0.2) is 0 Å². The minimum absolute atomic E-state index is 0.199.